The fourth-order valence-corrected chi connectivity index (χ4v) is 4.04. The third kappa shape index (κ3) is 3.04. The Morgan fingerprint density at radius 3 is 2.33 bits per heavy atom. The van der Waals surface area contributed by atoms with Gasteiger partial charge in [0.15, 0.2) is 0 Å². The summed E-state index contributed by atoms with van der Waals surface area (Å²) in [7, 11) is 0. The first-order valence-corrected chi connectivity index (χ1v) is 7.28. The molecule has 4 nitrogen and oxygen atoms in total. The van der Waals surface area contributed by atoms with Gasteiger partial charge < -0.3 is 10.6 Å². The van der Waals surface area contributed by atoms with Gasteiger partial charge >= 0.3 is 5.97 Å². The molecule has 3 unspecified atom stereocenters. The lowest BCUT2D eigenvalue weighted by atomic mass is 9.66. The predicted molar refractivity (Wildman–Crippen MR) is 70.2 cm³/mol. The molecule has 2 rings (SSSR count). The molecule has 0 aromatic carbocycles. The van der Waals surface area contributed by atoms with Crippen LogP contribution in [0.1, 0.15) is 51.9 Å². The van der Waals surface area contributed by atoms with Crippen LogP contribution >= 0.6 is 0 Å². The fourth-order valence-electron chi connectivity index (χ4n) is 4.04. The lowest BCUT2D eigenvalue weighted by molar-refractivity contribution is -0.150. The summed E-state index contributed by atoms with van der Waals surface area (Å²) < 4.78 is 0. The van der Waals surface area contributed by atoms with Crippen molar-refractivity contribution in [3.8, 4) is 0 Å². The largest absolute Gasteiger partial charge is 0.373 e. The lowest BCUT2D eigenvalue weighted by Crippen LogP contribution is -2.37. The molecule has 2 saturated carbocycles. The molecule has 0 amide bonds. The molecule has 4 heteroatoms. The number of carbonyl (C=O) groups excluding carboxylic acids is 1. The maximum Gasteiger partial charge on any atom is 0.327 e. The molecule has 0 radical (unpaired) electrons. The molecule has 104 valence electrons. The van der Waals surface area contributed by atoms with E-state index >= 15 is 0 Å². The van der Waals surface area contributed by atoms with E-state index in [0.717, 1.165) is 49.9 Å². The molecule has 2 aliphatic rings. The fraction of sp³-hybridized carbons (Fsp3) is 0.929. The van der Waals surface area contributed by atoms with Gasteiger partial charge in [-0.1, -0.05) is 6.92 Å². The van der Waals surface area contributed by atoms with Crippen molar-refractivity contribution >= 4 is 5.97 Å². The van der Waals surface area contributed by atoms with E-state index in [1.165, 1.54) is 12.8 Å². The van der Waals surface area contributed by atoms with Crippen LogP contribution in [0.2, 0.25) is 0 Å². The van der Waals surface area contributed by atoms with Crippen LogP contribution in [0.15, 0.2) is 0 Å². The zero-order valence-electron chi connectivity index (χ0n) is 11.3. The molecule has 0 heterocycles. The van der Waals surface area contributed by atoms with Crippen molar-refractivity contribution in [2.45, 2.75) is 57.9 Å². The van der Waals surface area contributed by atoms with E-state index in [4.69, 9.17) is 11.6 Å². The van der Waals surface area contributed by atoms with Crippen LogP contribution in [-0.4, -0.2) is 12.0 Å². The van der Waals surface area contributed by atoms with Crippen molar-refractivity contribution in [1.29, 1.82) is 0 Å². The van der Waals surface area contributed by atoms with Crippen LogP contribution in [0.5, 0.6) is 0 Å². The molecule has 0 aromatic heterocycles. The molecule has 2 fully saturated rings. The Bertz CT molecular complexity index is 288. The average Bonchev–Trinajstić information content (AvgIpc) is 2.38. The summed E-state index contributed by atoms with van der Waals surface area (Å²) in [5, 5.41) is 0. The number of carbonyl (C=O) groups is 1. The van der Waals surface area contributed by atoms with Crippen LogP contribution in [-0.2, 0) is 9.63 Å². The quantitative estimate of drug-likeness (QED) is 0.738. The zero-order chi connectivity index (χ0) is 13.1. The summed E-state index contributed by atoms with van der Waals surface area (Å²) in [6, 6.07) is 0.403. The van der Waals surface area contributed by atoms with E-state index in [1.807, 2.05) is 0 Å². The first kappa shape index (κ1) is 13.8. The van der Waals surface area contributed by atoms with Gasteiger partial charge in [0.05, 0.1) is 5.92 Å². The maximum absolute atomic E-state index is 11.4. The van der Waals surface area contributed by atoms with Crippen LogP contribution in [0.25, 0.3) is 0 Å². The highest BCUT2D eigenvalue weighted by atomic mass is 16.7. The monoisotopic (exact) mass is 254 g/mol. The predicted octanol–water partition coefficient (Wildman–Crippen LogP) is 1.97. The van der Waals surface area contributed by atoms with Gasteiger partial charge in [0.2, 0.25) is 0 Å². The van der Waals surface area contributed by atoms with Crippen LogP contribution in [0, 0.1) is 23.7 Å². The number of nitrogens with two attached hydrogens (primary N) is 2. The van der Waals surface area contributed by atoms with Gasteiger partial charge in [-0.25, -0.2) is 0 Å². The number of hydrogen-bond acceptors (Lipinski definition) is 4. The second-order valence-electron chi connectivity index (χ2n) is 6.26. The van der Waals surface area contributed by atoms with E-state index < -0.39 is 0 Å². The first-order chi connectivity index (χ1) is 8.61. The van der Waals surface area contributed by atoms with Crippen molar-refractivity contribution in [2.24, 2.45) is 35.3 Å². The molecule has 0 aliphatic heterocycles. The Morgan fingerprint density at radius 2 is 1.78 bits per heavy atom. The van der Waals surface area contributed by atoms with Crippen molar-refractivity contribution in [1.82, 2.24) is 0 Å². The molecule has 0 bridgehead atoms. The van der Waals surface area contributed by atoms with Crippen molar-refractivity contribution in [2.75, 3.05) is 0 Å². The van der Waals surface area contributed by atoms with Gasteiger partial charge in [-0.2, -0.15) is 5.90 Å². The molecule has 0 spiro atoms. The SMILES string of the molecule is CC1CC(N)CCC1C1CCC(C(=O)ON)CC1. The highest BCUT2D eigenvalue weighted by Gasteiger charge is 2.35. The van der Waals surface area contributed by atoms with E-state index in [2.05, 4.69) is 11.8 Å². The van der Waals surface area contributed by atoms with Crippen LogP contribution in [0.3, 0.4) is 0 Å². The third-order valence-electron chi connectivity index (χ3n) is 5.10. The normalized spacial score (nSPS) is 41.4. The van der Waals surface area contributed by atoms with Crippen LogP contribution < -0.4 is 11.6 Å². The van der Waals surface area contributed by atoms with E-state index in [-0.39, 0.29) is 11.9 Å². The Labute approximate surface area is 109 Å². The van der Waals surface area contributed by atoms with Gasteiger partial charge in [-0.3, -0.25) is 4.79 Å². The van der Waals surface area contributed by atoms with Crippen molar-refractivity contribution in [3.63, 3.8) is 0 Å². The standard InChI is InChI=1S/C14H26N2O2/c1-9-8-12(15)6-7-13(9)10-2-4-11(5-3-10)14(17)18-16/h9-13H,2-8,15-16H2,1H3. The minimum Gasteiger partial charge on any atom is -0.373 e. The summed E-state index contributed by atoms with van der Waals surface area (Å²) in [5.41, 5.74) is 6.02. The highest BCUT2D eigenvalue weighted by Crippen LogP contribution is 2.42. The summed E-state index contributed by atoms with van der Waals surface area (Å²) in [6.45, 7) is 2.34. The van der Waals surface area contributed by atoms with Crippen molar-refractivity contribution < 1.29 is 9.63 Å². The Morgan fingerprint density at radius 1 is 1.11 bits per heavy atom. The molecule has 2 aliphatic carbocycles. The second kappa shape index (κ2) is 6.02. The molecule has 3 atom stereocenters. The first-order valence-electron chi connectivity index (χ1n) is 7.28. The number of rotatable bonds is 2. The van der Waals surface area contributed by atoms with Gasteiger partial charge in [-0.15, -0.1) is 0 Å². The zero-order valence-corrected chi connectivity index (χ0v) is 11.3. The average molecular weight is 254 g/mol. The molecule has 0 saturated heterocycles. The van der Waals surface area contributed by atoms with Gasteiger partial charge in [-0.05, 0) is 62.7 Å². The minimum absolute atomic E-state index is 0.0346. The second-order valence-corrected chi connectivity index (χ2v) is 6.26. The van der Waals surface area contributed by atoms with Crippen LogP contribution in [0.4, 0.5) is 0 Å². The molecule has 4 N–H and O–H groups in total. The lowest BCUT2D eigenvalue weighted by Gasteiger charge is -2.40. The smallest absolute Gasteiger partial charge is 0.327 e. The summed E-state index contributed by atoms with van der Waals surface area (Å²) >= 11 is 0. The Kier molecular flexibility index (Phi) is 4.62. The van der Waals surface area contributed by atoms with Gasteiger partial charge in [0.25, 0.3) is 0 Å². The summed E-state index contributed by atoms with van der Waals surface area (Å²) in [4.78, 5) is 15.7. The van der Waals surface area contributed by atoms with E-state index in [9.17, 15) is 4.79 Å². The third-order valence-corrected chi connectivity index (χ3v) is 5.10. The minimum atomic E-state index is -0.229. The highest BCUT2D eigenvalue weighted by molar-refractivity contribution is 5.72. The summed E-state index contributed by atoms with van der Waals surface area (Å²) in [6.07, 6.45) is 7.76. The summed E-state index contributed by atoms with van der Waals surface area (Å²) in [5.74, 6) is 7.07. The van der Waals surface area contributed by atoms with E-state index in [1.54, 1.807) is 0 Å². The van der Waals surface area contributed by atoms with E-state index in [0.29, 0.717) is 6.04 Å². The van der Waals surface area contributed by atoms with Crippen molar-refractivity contribution in [3.05, 3.63) is 0 Å². The molecular formula is C14H26N2O2. The molecule has 18 heavy (non-hydrogen) atoms. The van der Waals surface area contributed by atoms with Gasteiger partial charge in [0.1, 0.15) is 0 Å². The maximum atomic E-state index is 11.4. The Balaban J connectivity index is 1.84. The molecular weight excluding hydrogens is 228 g/mol. The number of hydrogen-bond donors (Lipinski definition) is 2. The topological polar surface area (TPSA) is 78.3 Å². The Hall–Kier alpha value is -0.610. The van der Waals surface area contributed by atoms with Gasteiger partial charge in [0, 0.05) is 6.04 Å². The molecule has 0 aromatic rings.